The lowest BCUT2D eigenvalue weighted by molar-refractivity contribution is 0.0178. The van der Waals surface area contributed by atoms with Crippen LogP contribution >= 0.6 is 11.6 Å². The van der Waals surface area contributed by atoms with Crippen molar-refractivity contribution >= 4 is 29.3 Å². The van der Waals surface area contributed by atoms with Crippen LogP contribution in [0.1, 0.15) is 73.7 Å². The number of carbonyl (C=O) groups is 1. The fourth-order valence-corrected chi connectivity index (χ4v) is 5.83. The van der Waals surface area contributed by atoms with Crippen LogP contribution in [0.25, 0.3) is 22.1 Å². The van der Waals surface area contributed by atoms with E-state index in [9.17, 15) is 10.3 Å². The van der Waals surface area contributed by atoms with Gasteiger partial charge in [0.1, 0.15) is 11.6 Å². The number of hydrogen-bond acceptors (Lipinski definition) is 5. The highest BCUT2D eigenvalue weighted by molar-refractivity contribution is 6.30. The molecule has 10 heteroatoms. The third-order valence-corrected chi connectivity index (χ3v) is 7.63. The minimum Gasteiger partial charge on any atom is -0.444 e. The molecule has 1 unspecified atom stereocenters. The first-order chi connectivity index (χ1) is 18.7. The molecule has 0 saturated carbocycles. The number of pyridine rings is 1. The fourth-order valence-electron chi connectivity index (χ4n) is 5.66. The highest BCUT2D eigenvalue weighted by Gasteiger charge is 2.37. The van der Waals surface area contributed by atoms with E-state index >= 15 is 0 Å². The number of aryl methyl sites for hydroxylation is 1. The first kappa shape index (κ1) is 26.8. The van der Waals surface area contributed by atoms with Crippen molar-refractivity contribution in [3.8, 4) is 0 Å². The molecule has 0 bridgehead atoms. The Morgan fingerprint density at radius 1 is 1.26 bits per heavy atom. The van der Waals surface area contributed by atoms with Crippen molar-refractivity contribution in [1.29, 1.82) is 0 Å². The molecule has 3 aromatic rings. The number of azide groups is 1. The van der Waals surface area contributed by atoms with Crippen LogP contribution in [0.15, 0.2) is 54.2 Å². The van der Waals surface area contributed by atoms with Crippen molar-refractivity contribution in [2.24, 2.45) is 18.1 Å². The molecule has 202 valence electrons. The zero-order valence-electron chi connectivity index (χ0n) is 22.6. The average Bonchev–Trinajstić information content (AvgIpc) is 3.26. The molecule has 2 aromatic heterocycles. The molecule has 3 heterocycles. The summed E-state index contributed by atoms with van der Waals surface area (Å²) in [5, 5.41) is 4.82. The van der Waals surface area contributed by atoms with Crippen molar-refractivity contribution in [3.05, 3.63) is 92.6 Å². The maximum atomic E-state index is 12.7. The highest BCUT2D eigenvalue weighted by Crippen LogP contribution is 2.48. The third-order valence-electron chi connectivity index (χ3n) is 7.40. The van der Waals surface area contributed by atoms with Gasteiger partial charge in [-0.05, 0) is 91.6 Å². The van der Waals surface area contributed by atoms with Crippen molar-refractivity contribution in [2.45, 2.75) is 51.2 Å². The number of ether oxygens (including phenoxy) is 1. The molecule has 1 aliphatic carbocycles. The maximum absolute atomic E-state index is 12.7. The smallest absolute Gasteiger partial charge is 0.410 e. The number of rotatable bonds is 4. The summed E-state index contributed by atoms with van der Waals surface area (Å²) in [7, 11) is 1.88. The van der Waals surface area contributed by atoms with E-state index in [-0.39, 0.29) is 17.9 Å². The maximum Gasteiger partial charge on any atom is 0.410 e. The predicted molar refractivity (Wildman–Crippen MR) is 151 cm³/mol. The van der Waals surface area contributed by atoms with Crippen LogP contribution in [0.5, 0.6) is 0 Å². The van der Waals surface area contributed by atoms with Gasteiger partial charge in [-0.2, -0.15) is 0 Å². The van der Waals surface area contributed by atoms with E-state index in [2.05, 4.69) is 33.2 Å². The molecule has 1 aromatic carbocycles. The third kappa shape index (κ3) is 5.51. The van der Waals surface area contributed by atoms with E-state index in [1.54, 1.807) is 17.4 Å². The number of piperidine rings is 1. The first-order valence-electron chi connectivity index (χ1n) is 13.1. The molecule has 9 nitrogen and oxygen atoms in total. The molecule has 1 amide bonds. The molecular weight excluding hydrogens is 514 g/mol. The molecule has 2 aliphatic rings. The quantitative estimate of drug-likeness (QED) is 0.197. The Balaban J connectivity index is 1.58. The van der Waals surface area contributed by atoms with Crippen molar-refractivity contribution in [3.63, 3.8) is 0 Å². The van der Waals surface area contributed by atoms with Crippen LogP contribution in [0.4, 0.5) is 4.79 Å². The molecule has 2 atom stereocenters. The van der Waals surface area contributed by atoms with Crippen molar-refractivity contribution in [2.75, 3.05) is 13.1 Å². The van der Waals surface area contributed by atoms with Crippen LogP contribution in [0, 0.1) is 5.92 Å². The van der Waals surface area contributed by atoms with Gasteiger partial charge >= 0.3 is 6.09 Å². The van der Waals surface area contributed by atoms with Gasteiger partial charge in [-0.3, -0.25) is 4.98 Å². The van der Waals surface area contributed by atoms with Crippen LogP contribution in [-0.2, 0) is 11.8 Å². The number of halogens is 1. The summed E-state index contributed by atoms with van der Waals surface area (Å²) in [6.45, 7) is 6.87. The Hall–Kier alpha value is -3.81. The highest BCUT2D eigenvalue weighted by atomic mass is 35.5. The predicted octanol–water partition coefficient (Wildman–Crippen LogP) is 7.15. The lowest BCUT2D eigenvalue weighted by atomic mass is 9.75. The summed E-state index contributed by atoms with van der Waals surface area (Å²) >= 11 is 6.56. The molecule has 5 rings (SSSR count). The van der Waals surface area contributed by atoms with Gasteiger partial charge in [-0.1, -0.05) is 28.8 Å². The van der Waals surface area contributed by atoms with Gasteiger partial charge in [0.2, 0.25) is 0 Å². The van der Waals surface area contributed by atoms with Crippen LogP contribution in [0.2, 0.25) is 5.02 Å². The lowest BCUT2D eigenvalue weighted by Gasteiger charge is -2.37. The molecule has 39 heavy (non-hydrogen) atoms. The second-order valence-electron chi connectivity index (χ2n) is 11.1. The molecule has 0 N–H and O–H groups in total. The van der Waals surface area contributed by atoms with Gasteiger partial charge in [0, 0.05) is 48.4 Å². The summed E-state index contributed by atoms with van der Waals surface area (Å²) in [4.78, 5) is 26.9. The zero-order valence-corrected chi connectivity index (χ0v) is 23.3. The van der Waals surface area contributed by atoms with Gasteiger partial charge in [0.05, 0.1) is 17.7 Å². The number of hydrogen-bond donors (Lipinski definition) is 0. The number of fused-ring (bicyclic) bond motifs is 2. The number of imidazole rings is 1. The van der Waals surface area contributed by atoms with Crippen molar-refractivity contribution in [1.82, 2.24) is 19.4 Å². The Morgan fingerprint density at radius 2 is 2.03 bits per heavy atom. The number of nitrogens with zero attached hydrogens (tertiary/aromatic N) is 7. The number of benzene rings is 1. The van der Waals surface area contributed by atoms with E-state index in [1.807, 2.05) is 56.8 Å². The Labute approximate surface area is 233 Å². The summed E-state index contributed by atoms with van der Waals surface area (Å²) in [5.41, 5.74) is 14.6. The second-order valence-corrected chi connectivity index (χ2v) is 11.6. The average molecular weight is 546 g/mol. The fraction of sp³-hybridized carbons (Fsp3) is 0.414. The van der Waals surface area contributed by atoms with Crippen LogP contribution < -0.4 is 0 Å². The number of amides is 1. The first-order valence-corrected chi connectivity index (χ1v) is 13.5. The summed E-state index contributed by atoms with van der Waals surface area (Å²) < 4.78 is 7.48. The second kappa shape index (κ2) is 10.8. The normalized spacial score (nSPS) is 18.2. The molecule has 1 saturated heterocycles. The topological polar surface area (TPSA) is 109 Å². The number of aromatic nitrogens is 3. The van der Waals surface area contributed by atoms with Crippen molar-refractivity contribution < 1.29 is 9.53 Å². The van der Waals surface area contributed by atoms with Gasteiger partial charge in [-0.25, -0.2) is 9.78 Å². The molecule has 0 radical (unpaired) electrons. The molecule has 1 aliphatic heterocycles. The van der Waals surface area contributed by atoms with E-state index < -0.39 is 11.6 Å². The minimum absolute atomic E-state index is 0.0266. The van der Waals surface area contributed by atoms with E-state index in [0.29, 0.717) is 18.1 Å². The Kier molecular flexibility index (Phi) is 7.38. The summed E-state index contributed by atoms with van der Waals surface area (Å²) in [6.07, 6.45) is 8.65. The van der Waals surface area contributed by atoms with E-state index in [1.165, 1.54) is 0 Å². The van der Waals surface area contributed by atoms with Crippen LogP contribution in [0.3, 0.4) is 0 Å². The van der Waals surface area contributed by atoms with E-state index in [4.69, 9.17) is 21.3 Å². The molecule has 1 fully saturated rings. The van der Waals surface area contributed by atoms with Gasteiger partial charge in [0.15, 0.2) is 0 Å². The SMILES string of the molecule is Cn1cncc1C(N=[N+]=[N-])C1=Cc2cccnc2[C@@H](C2CCN(C(=O)OC(C)(C)C)CC2)c2ccc(Cl)cc21. The standard InChI is InChI=1S/C29H32ClN7O2/c1-29(2,3)39-28(38)37-12-9-18(10-13-37)25-21-8-7-20(30)15-22(21)23(14-19-6-5-11-33-26(19)25)27(34-35-31)24-16-32-17-36(24)4/h5-8,11,14-18,25,27H,9-10,12-13H2,1-4H3/t25-,27?/m0/s1. The van der Waals surface area contributed by atoms with E-state index in [0.717, 1.165) is 46.5 Å². The van der Waals surface area contributed by atoms with Gasteiger partial charge < -0.3 is 14.2 Å². The minimum atomic E-state index is -0.611. The van der Waals surface area contributed by atoms with Crippen LogP contribution in [-0.4, -0.2) is 44.2 Å². The lowest BCUT2D eigenvalue weighted by Crippen LogP contribution is -2.42. The summed E-state index contributed by atoms with van der Waals surface area (Å²) in [5.74, 6) is 0.209. The number of carbonyl (C=O) groups excluding carboxylic acids is 1. The monoisotopic (exact) mass is 545 g/mol. The van der Waals surface area contributed by atoms with Gasteiger partial charge in [0.25, 0.3) is 0 Å². The summed E-state index contributed by atoms with van der Waals surface area (Å²) in [6, 6.07) is 9.28. The Bertz CT molecular complexity index is 1460. The van der Waals surface area contributed by atoms with Gasteiger partial charge in [-0.15, -0.1) is 0 Å². The number of likely N-dealkylation sites (tertiary alicyclic amines) is 1. The Morgan fingerprint density at radius 3 is 2.69 bits per heavy atom. The largest absolute Gasteiger partial charge is 0.444 e. The zero-order chi connectivity index (χ0) is 27.7. The molecule has 0 spiro atoms. The molecular formula is C29H32ClN7O2.